The fourth-order valence-electron chi connectivity index (χ4n) is 1.50. The van der Waals surface area contributed by atoms with Crippen LogP contribution in [0.3, 0.4) is 0 Å². The van der Waals surface area contributed by atoms with Crippen molar-refractivity contribution in [2.75, 3.05) is 5.32 Å². The highest BCUT2D eigenvalue weighted by Crippen LogP contribution is 2.28. The maximum Gasteiger partial charge on any atom is 0.329 e. The summed E-state index contributed by atoms with van der Waals surface area (Å²) in [7, 11) is 1.42. The van der Waals surface area contributed by atoms with E-state index in [2.05, 4.69) is 10.3 Å². The molecule has 0 aliphatic carbocycles. The number of halogens is 1. The van der Waals surface area contributed by atoms with Gasteiger partial charge in [0.2, 0.25) is 0 Å². The molecule has 2 N–H and O–H groups in total. The van der Waals surface area contributed by atoms with E-state index in [-0.39, 0.29) is 11.6 Å². The third kappa shape index (κ3) is 2.65. The molecular weight excluding hydrogens is 274 g/mol. The molecule has 0 saturated heterocycles. The molecule has 2 aromatic rings. The fraction of sp³-hybridized carbons (Fsp3) is 0.273. The molecule has 7 heteroatoms. The van der Waals surface area contributed by atoms with Gasteiger partial charge in [0, 0.05) is 18.0 Å². The summed E-state index contributed by atoms with van der Waals surface area (Å²) in [6.07, 6.45) is 0. The largest absolute Gasteiger partial charge is 0.364 e. The average molecular weight is 286 g/mol. The number of nitrogens with one attached hydrogen (secondary N) is 2. The molecule has 2 rings (SSSR count). The van der Waals surface area contributed by atoms with E-state index in [1.165, 1.54) is 24.5 Å². The van der Waals surface area contributed by atoms with Gasteiger partial charge in [0.25, 0.3) is 5.56 Å². The Balaban J connectivity index is 2.24. The van der Waals surface area contributed by atoms with Crippen molar-refractivity contribution in [3.8, 4) is 0 Å². The first-order valence-electron chi connectivity index (χ1n) is 5.29. The highest BCUT2D eigenvalue weighted by atomic mass is 35.5. The first-order valence-corrected chi connectivity index (χ1v) is 6.49. The molecule has 2 aromatic heterocycles. The minimum Gasteiger partial charge on any atom is -0.364 e. The first kappa shape index (κ1) is 12.9. The highest BCUT2D eigenvalue weighted by molar-refractivity contribution is 7.16. The monoisotopic (exact) mass is 285 g/mol. The number of thiophene rings is 1. The lowest BCUT2D eigenvalue weighted by Gasteiger charge is -2.13. The van der Waals surface area contributed by atoms with Gasteiger partial charge in [-0.25, -0.2) is 4.79 Å². The van der Waals surface area contributed by atoms with Crippen molar-refractivity contribution in [2.45, 2.75) is 13.0 Å². The van der Waals surface area contributed by atoms with Gasteiger partial charge in [-0.3, -0.25) is 14.3 Å². The third-order valence-electron chi connectivity index (χ3n) is 2.54. The molecule has 1 atom stereocenters. The van der Waals surface area contributed by atoms with Crippen LogP contribution in [0.5, 0.6) is 0 Å². The summed E-state index contributed by atoms with van der Waals surface area (Å²) >= 11 is 7.31. The van der Waals surface area contributed by atoms with Gasteiger partial charge in [0.15, 0.2) is 0 Å². The number of nitrogens with zero attached hydrogens (tertiary/aromatic N) is 1. The van der Waals surface area contributed by atoms with Crippen LogP contribution < -0.4 is 16.6 Å². The Bertz CT molecular complexity index is 642. The molecule has 0 aromatic carbocycles. The zero-order chi connectivity index (χ0) is 13.3. The van der Waals surface area contributed by atoms with Crippen molar-refractivity contribution in [1.82, 2.24) is 9.55 Å². The number of hydrogen-bond donors (Lipinski definition) is 2. The summed E-state index contributed by atoms with van der Waals surface area (Å²) in [5.41, 5.74) is -0.793. The van der Waals surface area contributed by atoms with Gasteiger partial charge < -0.3 is 5.32 Å². The van der Waals surface area contributed by atoms with Gasteiger partial charge in [-0.05, 0) is 19.1 Å². The van der Waals surface area contributed by atoms with Crippen molar-refractivity contribution in [1.29, 1.82) is 0 Å². The van der Waals surface area contributed by atoms with E-state index < -0.39 is 5.69 Å². The predicted octanol–water partition coefficient (Wildman–Crippen LogP) is 1.96. The molecular formula is C11H12ClN3O2S. The van der Waals surface area contributed by atoms with E-state index >= 15 is 0 Å². The quantitative estimate of drug-likeness (QED) is 0.906. The molecule has 0 aliphatic heterocycles. The molecule has 0 fully saturated rings. The minimum atomic E-state index is -0.443. The third-order valence-corrected chi connectivity index (χ3v) is 3.95. The molecule has 0 aliphatic rings. The Hall–Kier alpha value is -1.53. The Kier molecular flexibility index (Phi) is 3.58. The zero-order valence-corrected chi connectivity index (χ0v) is 11.4. The zero-order valence-electron chi connectivity index (χ0n) is 9.86. The van der Waals surface area contributed by atoms with Gasteiger partial charge >= 0.3 is 5.69 Å². The Morgan fingerprint density at radius 3 is 2.72 bits per heavy atom. The van der Waals surface area contributed by atoms with Gasteiger partial charge in [0.1, 0.15) is 5.82 Å². The van der Waals surface area contributed by atoms with Crippen LogP contribution in [-0.4, -0.2) is 9.55 Å². The lowest BCUT2D eigenvalue weighted by Crippen LogP contribution is -2.32. The molecule has 0 radical (unpaired) electrons. The molecule has 96 valence electrons. The maximum absolute atomic E-state index is 11.5. The fourth-order valence-corrected chi connectivity index (χ4v) is 2.56. The summed E-state index contributed by atoms with van der Waals surface area (Å²) in [4.78, 5) is 26.5. The Labute approximate surface area is 112 Å². The van der Waals surface area contributed by atoms with Crippen molar-refractivity contribution >= 4 is 28.8 Å². The number of hydrogen-bond acceptors (Lipinski definition) is 4. The molecule has 0 spiro atoms. The molecule has 0 saturated carbocycles. The second-order valence-corrected chi connectivity index (χ2v) is 5.64. The minimum absolute atomic E-state index is 0.0368. The highest BCUT2D eigenvalue weighted by Gasteiger charge is 2.09. The van der Waals surface area contributed by atoms with Gasteiger partial charge in [-0.2, -0.15) is 0 Å². The number of aromatic nitrogens is 2. The van der Waals surface area contributed by atoms with E-state index in [0.717, 1.165) is 9.44 Å². The van der Waals surface area contributed by atoms with E-state index in [1.807, 2.05) is 19.1 Å². The van der Waals surface area contributed by atoms with E-state index in [0.29, 0.717) is 10.2 Å². The topological polar surface area (TPSA) is 66.9 Å². The summed E-state index contributed by atoms with van der Waals surface area (Å²) < 4.78 is 1.72. The van der Waals surface area contributed by atoms with E-state index in [1.54, 1.807) is 0 Å². The van der Waals surface area contributed by atoms with Crippen LogP contribution in [0.15, 0.2) is 27.8 Å². The van der Waals surface area contributed by atoms with Crippen LogP contribution in [0, 0.1) is 0 Å². The SMILES string of the molecule is C[C@H](Nc1cc(=O)n(C)c(=O)[nH]1)c1ccc(Cl)s1. The number of rotatable bonds is 3. The van der Waals surface area contributed by atoms with Crippen LogP contribution in [0.2, 0.25) is 4.34 Å². The Morgan fingerprint density at radius 2 is 2.17 bits per heavy atom. The lowest BCUT2D eigenvalue weighted by molar-refractivity contribution is 0.769. The summed E-state index contributed by atoms with van der Waals surface area (Å²) in [5.74, 6) is 0.403. The maximum atomic E-state index is 11.5. The number of H-pyrrole nitrogens is 1. The van der Waals surface area contributed by atoms with Crippen LogP contribution in [0.25, 0.3) is 0 Å². The standard InChI is InChI=1S/C11H12ClN3O2S/c1-6(7-3-4-8(12)18-7)13-9-5-10(16)15(2)11(17)14-9/h3-6,13H,1-2H3,(H,14,17)/t6-/m0/s1. The smallest absolute Gasteiger partial charge is 0.329 e. The van der Waals surface area contributed by atoms with Crippen LogP contribution >= 0.6 is 22.9 Å². The van der Waals surface area contributed by atoms with E-state index in [4.69, 9.17) is 11.6 Å². The first-order chi connectivity index (χ1) is 8.47. The van der Waals surface area contributed by atoms with Gasteiger partial charge in [0.05, 0.1) is 10.4 Å². The van der Waals surface area contributed by atoms with E-state index in [9.17, 15) is 9.59 Å². The Morgan fingerprint density at radius 1 is 1.44 bits per heavy atom. The molecule has 2 heterocycles. The molecule has 0 unspecified atom stereocenters. The molecule has 18 heavy (non-hydrogen) atoms. The van der Waals surface area contributed by atoms with Crippen molar-refractivity contribution in [3.05, 3.63) is 48.3 Å². The van der Waals surface area contributed by atoms with Gasteiger partial charge in [-0.15, -0.1) is 11.3 Å². The number of anilines is 1. The van der Waals surface area contributed by atoms with Crippen molar-refractivity contribution < 1.29 is 0 Å². The molecule has 0 amide bonds. The van der Waals surface area contributed by atoms with Crippen LogP contribution in [0.4, 0.5) is 5.82 Å². The van der Waals surface area contributed by atoms with Crippen molar-refractivity contribution in [2.24, 2.45) is 7.05 Å². The lowest BCUT2D eigenvalue weighted by atomic mass is 10.3. The number of aromatic amines is 1. The molecule has 0 bridgehead atoms. The summed E-state index contributed by atoms with van der Waals surface area (Å²) in [5, 5.41) is 3.06. The normalized spacial score (nSPS) is 12.4. The van der Waals surface area contributed by atoms with Crippen LogP contribution in [-0.2, 0) is 7.05 Å². The summed E-state index contributed by atoms with van der Waals surface area (Å²) in [6.45, 7) is 1.93. The second kappa shape index (κ2) is 4.99. The van der Waals surface area contributed by atoms with Crippen molar-refractivity contribution in [3.63, 3.8) is 0 Å². The second-order valence-electron chi connectivity index (χ2n) is 3.89. The molecule has 5 nitrogen and oxygen atoms in total. The van der Waals surface area contributed by atoms with Gasteiger partial charge in [-0.1, -0.05) is 11.6 Å². The average Bonchev–Trinajstić information content (AvgIpc) is 2.72. The predicted molar refractivity (Wildman–Crippen MR) is 73.7 cm³/mol. The van der Waals surface area contributed by atoms with Crippen LogP contribution in [0.1, 0.15) is 17.8 Å². The summed E-state index contributed by atoms with van der Waals surface area (Å²) in [6, 6.07) is 5.04.